The third-order valence-corrected chi connectivity index (χ3v) is 5.51. The number of carbonyl (C=O) groups is 2. The molecule has 2 atom stereocenters. The van der Waals surface area contributed by atoms with Crippen LogP contribution in [0.2, 0.25) is 0 Å². The second kappa shape index (κ2) is 8.39. The molecule has 0 bridgehead atoms. The molecule has 1 aliphatic heterocycles. The largest absolute Gasteiger partial charge is 0.481 e. The van der Waals surface area contributed by atoms with E-state index in [4.69, 9.17) is 5.11 Å². The van der Waals surface area contributed by atoms with Gasteiger partial charge < -0.3 is 10.0 Å². The lowest BCUT2D eigenvalue weighted by Gasteiger charge is -2.35. The number of hydrogen-bond donors (Lipinski definition) is 1. The molecular weight excluding hydrogens is 310 g/mol. The summed E-state index contributed by atoms with van der Waals surface area (Å²) >= 11 is 1.73. The molecular formula is C18H25NO3S. The summed E-state index contributed by atoms with van der Waals surface area (Å²) in [7, 11) is 0. The Morgan fingerprint density at radius 3 is 2.65 bits per heavy atom. The molecule has 0 spiro atoms. The zero-order chi connectivity index (χ0) is 16.8. The Hall–Kier alpha value is -1.49. The molecule has 2 rings (SSSR count). The first-order valence-corrected chi connectivity index (χ1v) is 9.32. The van der Waals surface area contributed by atoms with Gasteiger partial charge in [-0.25, -0.2) is 0 Å². The van der Waals surface area contributed by atoms with Crippen molar-refractivity contribution in [3.8, 4) is 0 Å². The number of rotatable bonds is 6. The van der Waals surface area contributed by atoms with Crippen molar-refractivity contribution in [1.82, 2.24) is 4.90 Å². The van der Waals surface area contributed by atoms with Crippen molar-refractivity contribution in [2.45, 2.75) is 45.1 Å². The van der Waals surface area contributed by atoms with Crippen LogP contribution in [0.1, 0.15) is 43.2 Å². The molecule has 1 amide bonds. The molecule has 1 aromatic carbocycles. The molecule has 0 radical (unpaired) electrons. The number of thioether (sulfide) groups is 1. The summed E-state index contributed by atoms with van der Waals surface area (Å²) < 4.78 is 0. The number of aryl methyl sites for hydroxylation is 1. The third-order valence-electron chi connectivity index (χ3n) is 4.42. The highest BCUT2D eigenvalue weighted by Gasteiger charge is 2.30. The van der Waals surface area contributed by atoms with Gasteiger partial charge in [-0.15, -0.1) is 0 Å². The molecule has 1 saturated heterocycles. The minimum Gasteiger partial charge on any atom is -0.481 e. The average molecular weight is 335 g/mol. The van der Waals surface area contributed by atoms with Crippen LogP contribution in [0.15, 0.2) is 24.3 Å². The van der Waals surface area contributed by atoms with E-state index in [1.165, 1.54) is 11.1 Å². The van der Waals surface area contributed by atoms with Gasteiger partial charge in [-0.1, -0.05) is 36.8 Å². The normalized spacial score (nSPS) is 19.4. The number of carboxylic acids is 1. The van der Waals surface area contributed by atoms with Gasteiger partial charge in [0.05, 0.1) is 12.5 Å². The van der Waals surface area contributed by atoms with E-state index in [9.17, 15) is 9.59 Å². The van der Waals surface area contributed by atoms with Crippen LogP contribution in [-0.2, 0) is 9.59 Å². The number of carbonyl (C=O) groups excluding carboxylic acids is 1. The topological polar surface area (TPSA) is 57.6 Å². The fourth-order valence-electron chi connectivity index (χ4n) is 3.02. The molecule has 0 aromatic heterocycles. The van der Waals surface area contributed by atoms with Crippen molar-refractivity contribution < 1.29 is 14.7 Å². The Morgan fingerprint density at radius 2 is 2.04 bits per heavy atom. The Balaban J connectivity index is 2.05. The third kappa shape index (κ3) is 4.99. The predicted octanol–water partition coefficient (Wildman–Crippen LogP) is 3.30. The van der Waals surface area contributed by atoms with Crippen molar-refractivity contribution in [3.63, 3.8) is 0 Å². The molecule has 1 fully saturated rings. The van der Waals surface area contributed by atoms with Gasteiger partial charge in [-0.05, 0) is 24.8 Å². The molecule has 5 heteroatoms. The van der Waals surface area contributed by atoms with Crippen LogP contribution in [0.25, 0.3) is 0 Å². The van der Waals surface area contributed by atoms with Crippen LogP contribution in [0.5, 0.6) is 0 Å². The highest BCUT2D eigenvalue weighted by molar-refractivity contribution is 7.99. The van der Waals surface area contributed by atoms with Crippen LogP contribution in [-0.4, -0.2) is 46.0 Å². The van der Waals surface area contributed by atoms with Gasteiger partial charge in [0.15, 0.2) is 0 Å². The lowest BCUT2D eigenvalue weighted by atomic mass is 9.92. The molecule has 0 aliphatic carbocycles. The molecule has 126 valence electrons. The zero-order valence-electron chi connectivity index (χ0n) is 13.8. The van der Waals surface area contributed by atoms with Gasteiger partial charge in [0, 0.05) is 24.5 Å². The summed E-state index contributed by atoms with van der Waals surface area (Å²) in [5, 5.41) is 9.05. The molecule has 1 heterocycles. The number of amides is 1. The second-order valence-corrected chi connectivity index (χ2v) is 7.28. The van der Waals surface area contributed by atoms with E-state index >= 15 is 0 Å². The highest BCUT2D eigenvalue weighted by Crippen LogP contribution is 2.27. The van der Waals surface area contributed by atoms with Crippen LogP contribution in [0.3, 0.4) is 0 Å². The lowest BCUT2D eigenvalue weighted by molar-refractivity contribution is -0.140. The number of hydrogen-bond acceptors (Lipinski definition) is 3. The molecule has 1 aromatic rings. The SMILES string of the molecule is CCC(CC(=O)N1CCSCC1CC(=O)O)c1ccc(C)cc1. The summed E-state index contributed by atoms with van der Waals surface area (Å²) in [6, 6.07) is 8.17. The van der Waals surface area contributed by atoms with E-state index in [-0.39, 0.29) is 24.3 Å². The summed E-state index contributed by atoms with van der Waals surface area (Å²) in [4.78, 5) is 25.5. The molecule has 2 unspecified atom stereocenters. The molecule has 1 aliphatic rings. The zero-order valence-corrected chi connectivity index (χ0v) is 14.6. The van der Waals surface area contributed by atoms with E-state index < -0.39 is 5.97 Å². The monoisotopic (exact) mass is 335 g/mol. The molecule has 4 nitrogen and oxygen atoms in total. The first kappa shape index (κ1) is 17.9. The lowest BCUT2D eigenvalue weighted by Crippen LogP contribution is -2.47. The van der Waals surface area contributed by atoms with E-state index in [1.54, 1.807) is 16.7 Å². The van der Waals surface area contributed by atoms with E-state index in [1.807, 2.05) is 0 Å². The Morgan fingerprint density at radius 1 is 1.35 bits per heavy atom. The quantitative estimate of drug-likeness (QED) is 0.866. The van der Waals surface area contributed by atoms with Gasteiger partial charge >= 0.3 is 5.97 Å². The summed E-state index contributed by atoms with van der Waals surface area (Å²) in [5.74, 6) is 1.07. The van der Waals surface area contributed by atoms with Crippen molar-refractivity contribution >= 4 is 23.6 Å². The van der Waals surface area contributed by atoms with Gasteiger partial charge in [0.2, 0.25) is 5.91 Å². The van der Waals surface area contributed by atoms with Gasteiger partial charge in [-0.3, -0.25) is 9.59 Å². The Kier molecular flexibility index (Phi) is 6.51. The smallest absolute Gasteiger partial charge is 0.305 e. The molecule has 0 saturated carbocycles. The van der Waals surface area contributed by atoms with Crippen molar-refractivity contribution in [2.75, 3.05) is 18.1 Å². The van der Waals surface area contributed by atoms with Crippen LogP contribution in [0.4, 0.5) is 0 Å². The van der Waals surface area contributed by atoms with Crippen molar-refractivity contribution in [2.24, 2.45) is 0 Å². The van der Waals surface area contributed by atoms with Crippen LogP contribution in [0, 0.1) is 6.92 Å². The number of aliphatic carboxylic acids is 1. The maximum atomic E-state index is 12.7. The van der Waals surface area contributed by atoms with Crippen LogP contribution >= 0.6 is 11.8 Å². The fraction of sp³-hybridized carbons (Fsp3) is 0.556. The summed E-state index contributed by atoms with van der Waals surface area (Å²) in [6.45, 7) is 4.81. The summed E-state index contributed by atoms with van der Waals surface area (Å²) in [5.41, 5.74) is 2.40. The highest BCUT2D eigenvalue weighted by atomic mass is 32.2. The van der Waals surface area contributed by atoms with Gasteiger partial charge in [0.25, 0.3) is 0 Å². The maximum absolute atomic E-state index is 12.7. The average Bonchev–Trinajstić information content (AvgIpc) is 2.53. The second-order valence-electron chi connectivity index (χ2n) is 6.13. The molecule has 1 N–H and O–H groups in total. The van der Waals surface area contributed by atoms with Crippen molar-refractivity contribution in [3.05, 3.63) is 35.4 Å². The van der Waals surface area contributed by atoms with E-state index in [0.29, 0.717) is 13.0 Å². The van der Waals surface area contributed by atoms with Gasteiger partial charge in [-0.2, -0.15) is 11.8 Å². The minimum atomic E-state index is -0.833. The fourth-order valence-corrected chi connectivity index (χ4v) is 4.08. The Labute approximate surface area is 142 Å². The number of nitrogens with zero attached hydrogens (tertiary/aromatic N) is 1. The molecule has 23 heavy (non-hydrogen) atoms. The standard InChI is InChI=1S/C18H25NO3S/c1-3-14(15-6-4-13(2)5-7-15)10-17(20)19-8-9-23-12-16(19)11-18(21)22/h4-7,14,16H,3,8-12H2,1-2H3,(H,21,22). The maximum Gasteiger partial charge on any atom is 0.305 e. The number of carboxylic acid groups (broad SMARTS) is 1. The van der Waals surface area contributed by atoms with E-state index in [2.05, 4.69) is 38.1 Å². The first-order valence-electron chi connectivity index (χ1n) is 8.16. The Bertz CT molecular complexity index is 544. The van der Waals surface area contributed by atoms with E-state index in [0.717, 1.165) is 17.9 Å². The van der Waals surface area contributed by atoms with Gasteiger partial charge in [0.1, 0.15) is 0 Å². The van der Waals surface area contributed by atoms with Crippen LogP contribution < -0.4 is 0 Å². The minimum absolute atomic E-state index is 0.0417. The van der Waals surface area contributed by atoms with Crippen molar-refractivity contribution in [1.29, 1.82) is 0 Å². The first-order chi connectivity index (χ1) is 11.0. The number of benzene rings is 1. The predicted molar refractivity (Wildman–Crippen MR) is 93.9 cm³/mol. The summed E-state index contributed by atoms with van der Waals surface area (Å²) in [6.07, 6.45) is 1.40.